The summed E-state index contributed by atoms with van der Waals surface area (Å²) in [6.45, 7) is 3.83. The van der Waals surface area contributed by atoms with E-state index in [-0.39, 0.29) is 0 Å². The fourth-order valence-electron chi connectivity index (χ4n) is 3.27. The molecule has 1 fully saturated rings. The van der Waals surface area contributed by atoms with E-state index in [1.54, 1.807) is 14.2 Å². The molecule has 2 unspecified atom stereocenters. The van der Waals surface area contributed by atoms with E-state index in [1.807, 2.05) is 0 Å². The molecule has 0 radical (unpaired) electrons. The van der Waals surface area contributed by atoms with Crippen molar-refractivity contribution in [3.05, 3.63) is 22.2 Å². The summed E-state index contributed by atoms with van der Waals surface area (Å²) in [6.07, 6.45) is 1.91. The molecular weight excluding hydrogens is 288 g/mol. The van der Waals surface area contributed by atoms with Gasteiger partial charge in [0.2, 0.25) is 0 Å². The highest BCUT2D eigenvalue weighted by Crippen LogP contribution is 2.46. The number of ether oxygens (including phenoxy) is 2. The molecule has 0 amide bonds. The quantitative estimate of drug-likeness (QED) is 0.908. The van der Waals surface area contributed by atoms with Crippen LogP contribution in [-0.4, -0.2) is 39.3 Å². The van der Waals surface area contributed by atoms with Crippen molar-refractivity contribution < 1.29 is 9.47 Å². The van der Waals surface area contributed by atoms with Crippen LogP contribution in [0.15, 0.2) is 6.07 Å². The van der Waals surface area contributed by atoms with Crippen LogP contribution < -0.4 is 15.2 Å². The first kappa shape index (κ1) is 16.4. The zero-order valence-electron chi connectivity index (χ0n) is 13.3. The maximum absolute atomic E-state index is 6.50. The molecule has 0 spiro atoms. The molecule has 1 aliphatic rings. The van der Waals surface area contributed by atoms with Gasteiger partial charge < -0.3 is 15.2 Å². The summed E-state index contributed by atoms with van der Waals surface area (Å²) in [5, 5.41) is 0.568. The third-order valence-corrected chi connectivity index (χ3v) is 4.74. The molecule has 4 nitrogen and oxygen atoms in total. The summed E-state index contributed by atoms with van der Waals surface area (Å²) in [5.74, 6) is 1.96. The van der Waals surface area contributed by atoms with Gasteiger partial charge in [-0.3, -0.25) is 4.90 Å². The number of benzene rings is 1. The number of nitrogens with zero attached hydrogens (tertiary/aromatic N) is 1. The highest BCUT2D eigenvalue weighted by atomic mass is 35.5. The van der Waals surface area contributed by atoms with Crippen molar-refractivity contribution in [3.63, 3.8) is 0 Å². The molecule has 1 heterocycles. The van der Waals surface area contributed by atoms with Crippen molar-refractivity contribution in [2.75, 3.05) is 34.4 Å². The van der Waals surface area contributed by atoms with Crippen LogP contribution in [0.2, 0.25) is 5.02 Å². The predicted molar refractivity (Wildman–Crippen MR) is 86.5 cm³/mol. The lowest BCUT2D eigenvalue weighted by molar-refractivity contribution is 0.301. The number of hydrogen-bond acceptors (Lipinski definition) is 4. The lowest BCUT2D eigenvalue weighted by Gasteiger charge is -2.24. The zero-order chi connectivity index (χ0) is 15.6. The van der Waals surface area contributed by atoms with Gasteiger partial charge in [-0.1, -0.05) is 18.5 Å². The zero-order valence-corrected chi connectivity index (χ0v) is 14.0. The van der Waals surface area contributed by atoms with E-state index in [0.717, 1.165) is 42.0 Å². The summed E-state index contributed by atoms with van der Waals surface area (Å²) in [7, 11) is 5.43. The summed E-state index contributed by atoms with van der Waals surface area (Å²) in [5.41, 5.74) is 8.09. The smallest absolute Gasteiger partial charge is 0.146 e. The topological polar surface area (TPSA) is 47.7 Å². The molecule has 2 rings (SSSR count). The van der Waals surface area contributed by atoms with E-state index in [4.69, 9.17) is 26.8 Å². The van der Waals surface area contributed by atoms with E-state index in [2.05, 4.69) is 24.9 Å². The van der Waals surface area contributed by atoms with Crippen molar-refractivity contribution in [1.82, 2.24) is 4.90 Å². The second-order valence-electron chi connectivity index (χ2n) is 5.65. The minimum Gasteiger partial charge on any atom is -0.495 e. The molecule has 21 heavy (non-hydrogen) atoms. The molecule has 2 atom stereocenters. The Morgan fingerprint density at radius 3 is 2.48 bits per heavy atom. The van der Waals surface area contributed by atoms with Crippen molar-refractivity contribution in [1.29, 1.82) is 0 Å². The monoisotopic (exact) mass is 312 g/mol. The minimum absolute atomic E-state index is 0.294. The molecule has 118 valence electrons. The molecule has 0 aromatic heterocycles. The number of aryl methyl sites for hydroxylation is 1. The third kappa shape index (κ3) is 2.98. The van der Waals surface area contributed by atoms with Crippen LogP contribution >= 0.6 is 11.6 Å². The minimum atomic E-state index is 0.294. The molecule has 1 saturated heterocycles. The van der Waals surface area contributed by atoms with E-state index >= 15 is 0 Å². The third-order valence-electron chi connectivity index (χ3n) is 4.40. The van der Waals surface area contributed by atoms with Crippen LogP contribution in [0.5, 0.6) is 11.5 Å². The first-order valence-corrected chi connectivity index (χ1v) is 7.78. The number of methoxy groups -OCH3 is 2. The van der Waals surface area contributed by atoms with Crippen LogP contribution in [0.1, 0.15) is 30.5 Å². The van der Waals surface area contributed by atoms with E-state index in [9.17, 15) is 0 Å². The van der Waals surface area contributed by atoms with Crippen LogP contribution in [0, 0.1) is 5.92 Å². The molecular formula is C16H25ClN2O2. The highest BCUT2D eigenvalue weighted by Gasteiger charge is 2.33. The number of hydrogen-bond donors (Lipinski definition) is 1. The van der Waals surface area contributed by atoms with Crippen molar-refractivity contribution in [2.24, 2.45) is 11.7 Å². The SMILES string of the molecule is CCc1cc(C2CC(CN)CN2C)c(OC)c(Cl)c1OC. The average Bonchev–Trinajstić information content (AvgIpc) is 2.87. The van der Waals surface area contributed by atoms with E-state index in [0.29, 0.717) is 23.5 Å². The van der Waals surface area contributed by atoms with E-state index < -0.39 is 0 Å². The van der Waals surface area contributed by atoms with Crippen molar-refractivity contribution in [2.45, 2.75) is 25.8 Å². The summed E-state index contributed by atoms with van der Waals surface area (Å²) in [4.78, 5) is 2.33. The van der Waals surface area contributed by atoms with Crippen LogP contribution in [0.3, 0.4) is 0 Å². The molecule has 2 N–H and O–H groups in total. The molecule has 1 aromatic carbocycles. The predicted octanol–water partition coefficient (Wildman–Crippen LogP) is 2.87. The molecule has 0 bridgehead atoms. The Bertz CT molecular complexity index is 508. The number of nitrogens with two attached hydrogens (primary N) is 1. The number of halogens is 1. The van der Waals surface area contributed by atoms with Crippen molar-refractivity contribution in [3.8, 4) is 11.5 Å². The normalized spacial score (nSPS) is 22.6. The second kappa shape index (κ2) is 6.86. The highest BCUT2D eigenvalue weighted by molar-refractivity contribution is 6.33. The Kier molecular flexibility index (Phi) is 5.36. The van der Waals surface area contributed by atoms with Crippen LogP contribution in [-0.2, 0) is 6.42 Å². The van der Waals surface area contributed by atoms with Gasteiger partial charge in [0.25, 0.3) is 0 Å². The van der Waals surface area contributed by atoms with Gasteiger partial charge in [0.1, 0.15) is 16.5 Å². The van der Waals surface area contributed by atoms with Gasteiger partial charge in [-0.05, 0) is 44.0 Å². The lowest BCUT2D eigenvalue weighted by Crippen LogP contribution is -2.21. The van der Waals surface area contributed by atoms with Gasteiger partial charge in [-0.15, -0.1) is 0 Å². The van der Waals surface area contributed by atoms with Gasteiger partial charge in [0.05, 0.1) is 14.2 Å². The largest absolute Gasteiger partial charge is 0.495 e. The standard InChI is InChI=1S/C16H25ClN2O2/c1-5-11-7-12(13-6-10(8-18)9-19(13)2)16(21-4)14(17)15(11)20-3/h7,10,13H,5-6,8-9,18H2,1-4H3. The van der Waals surface area contributed by atoms with E-state index in [1.165, 1.54) is 0 Å². The van der Waals surface area contributed by atoms with Crippen LogP contribution in [0.4, 0.5) is 0 Å². The lowest BCUT2D eigenvalue weighted by atomic mass is 9.96. The first-order chi connectivity index (χ1) is 10.1. The Labute approximate surface area is 132 Å². The Hall–Kier alpha value is -0.970. The summed E-state index contributed by atoms with van der Waals surface area (Å²) < 4.78 is 11.0. The first-order valence-electron chi connectivity index (χ1n) is 7.40. The van der Waals surface area contributed by atoms with Gasteiger partial charge >= 0.3 is 0 Å². The maximum Gasteiger partial charge on any atom is 0.146 e. The maximum atomic E-state index is 6.50. The summed E-state index contributed by atoms with van der Waals surface area (Å²) in [6, 6.07) is 2.46. The number of rotatable bonds is 5. The molecule has 0 aliphatic carbocycles. The second-order valence-corrected chi connectivity index (χ2v) is 6.03. The fraction of sp³-hybridized carbons (Fsp3) is 0.625. The molecule has 5 heteroatoms. The Balaban J connectivity index is 2.50. The number of likely N-dealkylation sites (tertiary alicyclic amines) is 1. The average molecular weight is 313 g/mol. The van der Waals surface area contributed by atoms with Gasteiger partial charge in [-0.25, -0.2) is 0 Å². The summed E-state index contributed by atoms with van der Waals surface area (Å²) >= 11 is 6.50. The van der Waals surface area contributed by atoms with Crippen molar-refractivity contribution >= 4 is 11.6 Å². The molecule has 1 aromatic rings. The van der Waals surface area contributed by atoms with Gasteiger partial charge in [0.15, 0.2) is 0 Å². The van der Waals surface area contributed by atoms with Crippen LogP contribution in [0.25, 0.3) is 0 Å². The molecule has 0 saturated carbocycles. The fourth-order valence-corrected chi connectivity index (χ4v) is 3.65. The molecule has 1 aliphatic heterocycles. The van der Waals surface area contributed by atoms with Gasteiger partial charge in [-0.2, -0.15) is 0 Å². The van der Waals surface area contributed by atoms with Gasteiger partial charge in [0, 0.05) is 18.2 Å². The Morgan fingerprint density at radius 2 is 2.00 bits per heavy atom. The Morgan fingerprint density at radius 1 is 1.33 bits per heavy atom.